The van der Waals surface area contributed by atoms with Gasteiger partial charge < -0.3 is 15.2 Å². The van der Waals surface area contributed by atoms with Crippen molar-refractivity contribution < 1.29 is 9.47 Å². The lowest BCUT2D eigenvalue weighted by Crippen LogP contribution is -2.28. The van der Waals surface area contributed by atoms with Crippen LogP contribution in [-0.4, -0.2) is 20.3 Å². The second kappa shape index (κ2) is 5.21. The van der Waals surface area contributed by atoms with Crippen LogP contribution in [0.25, 0.3) is 0 Å². The van der Waals surface area contributed by atoms with Crippen LogP contribution in [0.15, 0.2) is 18.2 Å². The monoisotopic (exact) mass is 223 g/mol. The summed E-state index contributed by atoms with van der Waals surface area (Å²) < 4.78 is 10.8. The highest BCUT2D eigenvalue weighted by Crippen LogP contribution is 2.32. The lowest BCUT2D eigenvalue weighted by molar-refractivity contribution is 0.310. The van der Waals surface area contributed by atoms with Gasteiger partial charge in [0.15, 0.2) is 11.5 Å². The maximum atomic E-state index is 5.75. The van der Waals surface area contributed by atoms with Gasteiger partial charge in [-0.2, -0.15) is 0 Å². The van der Waals surface area contributed by atoms with Crippen LogP contribution < -0.4 is 15.2 Å². The predicted molar refractivity (Wildman–Crippen MR) is 66.2 cm³/mol. The summed E-state index contributed by atoms with van der Waals surface area (Å²) in [6.07, 6.45) is 0. The molecule has 0 unspecified atom stereocenters. The Kier molecular flexibility index (Phi) is 4.19. The van der Waals surface area contributed by atoms with E-state index >= 15 is 0 Å². The van der Waals surface area contributed by atoms with E-state index in [-0.39, 0.29) is 5.41 Å². The number of nitrogens with two attached hydrogens (primary N) is 1. The Labute approximate surface area is 97.6 Å². The Morgan fingerprint density at radius 1 is 1.25 bits per heavy atom. The fourth-order valence-corrected chi connectivity index (χ4v) is 1.48. The van der Waals surface area contributed by atoms with Gasteiger partial charge in [-0.05, 0) is 24.6 Å². The third-order valence-electron chi connectivity index (χ3n) is 2.76. The molecule has 0 saturated carbocycles. The molecule has 0 aliphatic rings. The minimum Gasteiger partial charge on any atom is -0.493 e. The second-order valence-corrected chi connectivity index (χ2v) is 4.39. The van der Waals surface area contributed by atoms with Gasteiger partial charge >= 0.3 is 0 Å². The van der Waals surface area contributed by atoms with E-state index in [4.69, 9.17) is 15.2 Å². The normalized spacial score (nSPS) is 11.3. The summed E-state index contributed by atoms with van der Waals surface area (Å²) in [6, 6.07) is 5.98. The molecule has 0 bridgehead atoms. The van der Waals surface area contributed by atoms with Crippen LogP contribution in [0.2, 0.25) is 0 Å². The highest BCUT2D eigenvalue weighted by molar-refractivity contribution is 5.45. The van der Waals surface area contributed by atoms with E-state index in [0.29, 0.717) is 13.2 Å². The van der Waals surface area contributed by atoms with Crippen molar-refractivity contribution in [3.05, 3.63) is 23.8 Å². The Bertz CT molecular complexity index is 348. The minimum atomic E-state index is -0.0436. The molecule has 1 rings (SSSR count). The number of rotatable bonds is 5. The molecule has 0 spiro atoms. The summed E-state index contributed by atoms with van der Waals surface area (Å²) in [5.41, 5.74) is 6.87. The summed E-state index contributed by atoms with van der Waals surface area (Å²) in [4.78, 5) is 0. The van der Waals surface area contributed by atoms with Crippen LogP contribution in [0.5, 0.6) is 11.5 Å². The van der Waals surface area contributed by atoms with Crippen molar-refractivity contribution in [3.63, 3.8) is 0 Å². The fourth-order valence-electron chi connectivity index (χ4n) is 1.48. The van der Waals surface area contributed by atoms with E-state index in [1.54, 1.807) is 7.11 Å². The molecule has 0 radical (unpaired) electrons. The summed E-state index contributed by atoms with van der Waals surface area (Å²) in [5, 5.41) is 0. The lowest BCUT2D eigenvalue weighted by Gasteiger charge is -2.24. The molecule has 0 heterocycles. The van der Waals surface area contributed by atoms with Gasteiger partial charge in [0.1, 0.15) is 0 Å². The molecule has 0 saturated heterocycles. The maximum Gasteiger partial charge on any atom is 0.161 e. The molecule has 0 atom stereocenters. The van der Waals surface area contributed by atoms with Crippen LogP contribution in [0.3, 0.4) is 0 Å². The van der Waals surface area contributed by atoms with E-state index in [2.05, 4.69) is 13.8 Å². The Hall–Kier alpha value is -1.22. The van der Waals surface area contributed by atoms with E-state index in [0.717, 1.165) is 17.1 Å². The highest BCUT2D eigenvalue weighted by Gasteiger charge is 2.20. The molecular weight excluding hydrogens is 202 g/mol. The third-order valence-corrected chi connectivity index (χ3v) is 2.76. The molecule has 0 aliphatic heterocycles. The summed E-state index contributed by atoms with van der Waals surface area (Å²) >= 11 is 0. The Morgan fingerprint density at radius 2 is 1.94 bits per heavy atom. The standard InChI is InChI=1S/C13H21NO2/c1-5-16-11-7-6-10(8-12(11)15-4)13(2,3)9-14/h6-8H,5,9,14H2,1-4H3. The fraction of sp³-hybridized carbons (Fsp3) is 0.538. The second-order valence-electron chi connectivity index (χ2n) is 4.39. The first-order valence-corrected chi connectivity index (χ1v) is 5.56. The van der Waals surface area contributed by atoms with Crippen LogP contribution in [0.1, 0.15) is 26.3 Å². The Balaban J connectivity index is 3.08. The van der Waals surface area contributed by atoms with Gasteiger partial charge in [-0.25, -0.2) is 0 Å². The van der Waals surface area contributed by atoms with Crippen LogP contribution in [0, 0.1) is 0 Å². The summed E-state index contributed by atoms with van der Waals surface area (Å²) in [7, 11) is 1.65. The van der Waals surface area contributed by atoms with Crippen molar-refractivity contribution in [3.8, 4) is 11.5 Å². The molecule has 90 valence electrons. The molecule has 1 aromatic rings. The predicted octanol–water partition coefficient (Wildman–Crippen LogP) is 2.33. The lowest BCUT2D eigenvalue weighted by atomic mass is 9.85. The van der Waals surface area contributed by atoms with Gasteiger partial charge in [-0.1, -0.05) is 19.9 Å². The molecule has 2 N–H and O–H groups in total. The first kappa shape index (κ1) is 12.8. The largest absolute Gasteiger partial charge is 0.493 e. The van der Waals surface area contributed by atoms with E-state index < -0.39 is 0 Å². The molecule has 16 heavy (non-hydrogen) atoms. The van der Waals surface area contributed by atoms with E-state index in [9.17, 15) is 0 Å². The van der Waals surface area contributed by atoms with Crippen LogP contribution >= 0.6 is 0 Å². The summed E-state index contributed by atoms with van der Waals surface area (Å²) in [6.45, 7) is 7.42. The minimum absolute atomic E-state index is 0.0436. The van der Waals surface area contributed by atoms with Crippen LogP contribution in [-0.2, 0) is 5.41 Å². The smallest absolute Gasteiger partial charge is 0.161 e. The third kappa shape index (κ3) is 2.67. The number of benzene rings is 1. The quantitative estimate of drug-likeness (QED) is 0.833. The van der Waals surface area contributed by atoms with Crippen molar-refractivity contribution in [1.82, 2.24) is 0 Å². The highest BCUT2D eigenvalue weighted by atomic mass is 16.5. The molecule has 3 nitrogen and oxygen atoms in total. The van der Waals surface area contributed by atoms with Gasteiger partial charge in [0.2, 0.25) is 0 Å². The Morgan fingerprint density at radius 3 is 2.44 bits per heavy atom. The maximum absolute atomic E-state index is 5.75. The first-order valence-electron chi connectivity index (χ1n) is 5.56. The van der Waals surface area contributed by atoms with Crippen molar-refractivity contribution in [2.24, 2.45) is 5.73 Å². The van der Waals surface area contributed by atoms with Crippen molar-refractivity contribution in [2.45, 2.75) is 26.2 Å². The average molecular weight is 223 g/mol. The van der Waals surface area contributed by atoms with Crippen molar-refractivity contribution >= 4 is 0 Å². The van der Waals surface area contributed by atoms with Gasteiger partial charge in [0, 0.05) is 12.0 Å². The van der Waals surface area contributed by atoms with Crippen molar-refractivity contribution in [1.29, 1.82) is 0 Å². The first-order chi connectivity index (χ1) is 7.55. The van der Waals surface area contributed by atoms with Gasteiger partial charge in [-0.15, -0.1) is 0 Å². The number of methoxy groups -OCH3 is 1. The molecular formula is C13H21NO2. The molecule has 0 aliphatic carbocycles. The van der Waals surface area contributed by atoms with E-state index in [1.165, 1.54) is 0 Å². The van der Waals surface area contributed by atoms with Gasteiger partial charge in [0.05, 0.1) is 13.7 Å². The molecule has 1 aromatic carbocycles. The zero-order valence-electron chi connectivity index (χ0n) is 10.5. The molecule has 0 fully saturated rings. The number of ether oxygens (including phenoxy) is 2. The zero-order chi connectivity index (χ0) is 12.2. The summed E-state index contributed by atoms with van der Waals surface area (Å²) in [5.74, 6) is 1.54. The number of hydrogen-bond donors (Lipinski definition) is 1. The molecule has 0 aromatic heterocycles. The van der Waals surface area contributed by atoms with Crippen LogP contribution in [0.4, 0.5) is 0 Å². The topological polar surface area (TPSA) is 44.5 Å². The molecule has 0 amide bonds. The van der Waals surface area contributed by atoms with E-state index in [1.807, 2.05) is 25.1 Å². The average Bonchev–Trinajstić information content (AvgIpc) is 2.29. The zero-order valence-corrected chi connectivity index (χ0v) is 10.5. The number of hydrogen-bond acceptors (Lipinski definition) is 3. The SMILES string of the molecule is CCOc1ccc(C(C)(C)CN)cc1OC. The van der Waals surface area contributed by atoms with Gasteiger partial charge in [0.25, 0.3) is 0 Å². The molecule has 3 heteroatoms. The van der Waals surface area contributed by atoms with Gasteiger partial charge in [-0.3, -0.25) is 0 Å². The van der Waals surface area contributed by atoms with Crippen molar-refractivity contribution in [2.75, 3.05) is 20.3 Å².